The quantitative estimate of drug-likeness (QED) is 0.798. The number of furan rings is 1. The Labute approximate surface area is 163 Å². The molecule has 0 aliphatic carbocycles. The number of carbonyl (C=O) groups excluding carboxylic acids is 3. The van der Waals surface area contributed by atoms with E-state index in [9.17, 15) is 14.4 Å². The minimum absolute atomic E-state index is 0.189. The monoisotopic (exact) mass is 384 g/mol. The van der Waals surface area contributed by atoms with Crippen molar-refractivity contribution >= 4 is 23.5 Å². The second-order valence-electron chi connectivity index (χ2n) is 6.72. The van der Waals surface area contributed by atoms with Crippen molar-refractivity contribution in [2.75, 3.05) is 18.5 Å². The minimum atomic E-state index is -0.566. The molecule has 7 heteroatoms. The number of aryl methyl sites for hydroxylation is 1. The first-order valence-electron chi connectivity index (χ1n) is 9.44. The van der Waals surface area contributed by atoms with E-state index >= 15 is 0 Å². The lowest BCUT2D eigenvalue weighted by molar-refractivity contribution is -0.149. The van der Waals surface area contributed by atoms with Gasteiger partial charge in [-0.25, -0.2) is 4.79 Å². The van der Waals surface area contributed by atoms with E-state index in [1.165, 1.54) is 6.26 Å². The highest BCUT2D eigenvalue weighted by molar-refractivity contribution is 6.04. The van der Waals surface area contributed by atoms with Crippen LogP contribution >= 0.6 is 0 Å². The molecule has 3 rings (SSSR count). The maximum atomic E-state index is 13.1. The van der Waals surface area contributed by atoms with Crippen molar-refractivity contribution in [2.45, 2.75) is 39.2 Å². The maximum absolute atomic E-state index is 13.1. The number of esters is 1. The number of likely N-dealkylation sites (tertiary alicyclic amines) is 1. The number of amides is 2. The molecule has 1 aromatic carbocycles. The van der Waals surface area contributed by atoms with Crippen LogP contribution in [0.25, 0.3) is 0 Å². The number of rotatable bonds is 5. The number of hydrogen-bond donors (Lipinski definition) is 1. The number of carbonyl (C=O) groups is 3. The largest absolute Gasteiger partial charge is 0.464 e. The van der Waals surface area contributed by atoms with Crippen LogP contribution in [-0.2, 0) is 9.53 Å². The van der Waals surface area contributed by atoms with Gasteiger partial charge in [0, 0.05) is 17.8 Å². The Hall–Kier alpha value is -3.09. The van der Waals surface area contributed by atoms with Gasteiger partial charge in [0.05, 0.1) is 12.9 Å². The predicted molar refractivity (Wildman–Crippen MR) is 103 cm³/mol. The molecule has 0 saturated carbocycles. The summed E-state index contributed by atoms with van der Waals surface area (Å²) in [6.07, 6.45) is 3.74. The molecule has 148 valence electrons. The number of ether oxygens (including phenoxy) is 1. The molecule has 7 nitrogen and oxygen atoms in total. The molecular weight excluding hydrogens is 360 g/mol. The highest BCUT2D eigenvalue weighted by atomic mass is 16.5. The molecule has 1 aromatic heterocycles. The number of benzene rings is 1. The Morgan fingerprint density at radius 3 is 2.79 bits per heavy atom. The first kappa shape index (κ1) is 19.7. The summed E-state index contributed by atoms with van der Waals surface area (Å²) in [7, 11) is 0. The zero-order chi connectivity index (χ0) is 20.1. The number of anilines is 1. The summed E-state index contributed by atoms with van der Waals surface area (Å²) < 4.78 is 10.2. The molecule has 1 aliphatic rings. The van der Waals surface area contributed by atoms with E-state index in [0.29, 0.717) is 24.2 Å². The van der Waals surface area contributed by atoms with Crippen molar-refractivity contribution < 1.29 is 23.5 Å². The fourth-order valence-corrected chi connectivity index (χ4v) is 3.31. The lowest BCUT2D eigenvalue weighted by Gasteiger charge is -2.34. The Morgan fingerprint density at radius 1 is 1.25 bits per heavy atom. The molecule has 1 atom stereocenters. The third-order valence-corrected chi connectivity index (χ3v) is 4.80. The van der Waals surface area contributed by atoms with Gasteiger partial charge in [0.1, 0.15) is 6.04 Å². The Bertz CT molecular complexity index is 860. The third kappa shape index (κ3) is 4.24. The van der Waals surface area contributed by atoms with Gasteiger partial charge in [-0.3, -0.25) is 9.59 Å². The second kappa shape index (κ2) is 8.73. The average Bonchev–Trinajstić information content (AvgIpc) is 3.24. The number of hydrogen-bond acceptors (Lipinski definition) is 5. The first-order valence-corrected chi connectivity index (χ1v) is 9.44. The minimum Gasteiger partial charge on any atom is -0.464 e. The molecule has 2 aromatic rings. The Morgan fingerprint density at radius 2 is 2.07 bits per heavy atom. The van der Waals surface area contributed by atoms with E-state index in [1.807, 2.05) is 6.92 Å². The molecule has 1 fully saturated rings. The van der Waals surface area contributed by atoms with Crippen LogP contribution in [0.3, 0.4) is 0 Å². The molecule has 2 amide bonds. The molecular formula is C21H24N2O5. The number of piperidine rings is 1. The third-order valence-electron chi connectivity index (χ3n) is 4.80. The van der Waals surface area contributed by atoms with E-state index in [0.717, 1.165) is 18.4 Å². The van der Waals surface area contributed by atoms with Gasteiger partial charge < -0.3 is 19.4 Å². The Balaban J connectivity index is 1.81. The van der Waals surface area contributed by atoms with Crippen LogP contribution in [-0.4, -0.2) is 41.9 Å². The summed E-state index contributed by atoms with van der Waals surface area (Å²) in [6, 6.07) is 7.75. The van der Waals surface area contributed by atoms with Crippen molar-refractivity contribution in [3.05, 3.63) is 53.5 Å². The molecule has 1 N–H and O–H groups in total. The van der Waals surface area contributed by atoms with Gasteiger partial charge in [0.25, 0.3) is 11.8 Å². The fourth-order valence-electron chi connectivity index (χ4n) is 3.31. The highest BCUT2D eigenvalue weighted by Crippen LogP contribution is 2.24. The van der Waals surface area contributed by atoms with Crippen LogP contribution in [0.15, 0.2) is 41.0 Å². The molecule has 1 aliphatic heterocycles. The average molecular weight is 384 g/mol. The van der Waals surface area contributed by atoms with Crippen molar-refractivity contribution in [1.29, 1.82) is 0 Å². The van der Waals surface area contributed by atoms with Crippen LogP contribution in [0.2, 0.25) is 0 Å². The lowest BCUT2D eigenvalue weighted by atomic mass is 10.00. The van der Waals surface area contributed by atoms with Gasteiger partial charge in [-0.1, -0.05) is 6.07 Å². The van der Waals surface area contributed by atoms with E-state index in [-0.39, 0.29) is 30.2 Å². The van der Waals surface area contributed by atoms with E-state index in [2.05, 4.69) is 5.32 Å². The number of nitrogens with zero attached hydrogens (tertiary/aromatic N) is 1. The van der Waals surface area contributed by atoms with Crippen molar-refractivity contribution in [2.24, 2.45) is 0 Å². The number of nitrogens with one attached hydrogen (secondary N) is 1. The first-order chi connectivity index (χ1) is 13.5. The molecule has 1 saturated heterocycles. The van der Waals surface area contributed by atoms with Gasteiger partial charge in [-0.2, -0.15) is 0 Å². The molecule has 0 spiro atoms. The van der Waals surface area contributed by atoms with Crippen LogP contribution in [0, 0.1) is 6.92 Å². The van der Waals surface area contributed by atoms with E-state index in [1.54, 1.807) is 42.2 Å². The van der Waals surface area contributed by atoms with Crippen molar-refractivity contribution in [3.63, 3.8) is 0 Å². The smallest absolute Gasteiger partial charge is 0.328 e. The zero-order valence-corrected chi connectivity index (χ0v) is 16.1. The predicted octanol–water partition coefficient (Wildman–Crippen LogP) is 3.40. The maximum Gasteiger partial charge on any atom is 0.328 e. The van der Waals surface area contributed by atoms with Crippen LogP contribution in [0.5, 0.6) is 0 Å². The van der Waals surface area contributed by atoms with Crippen LogP contribution in [0.1, 0.15) is 52.7 Å². The standard InChI is InChI=1S/C21H24N2O5/c1-3-27-21(26)17-7-4-5-11-23(17)20(25)15-10-9-14(2)16(13-15)22-19(24)18-8-6-12-28-18/h6,8-10,12-13,17H,3-5,7,11H2,1-2H3,(H,22,24). The molecule has 1 unspecified atom stereocenters. The van der Waals surface area contributed by atoms with Gasteiger partial charge in [0.15, 0.2) is 5.76 Å². The normalized spacial score (nSPS) is 16.5. The van der Waals surface area contributed by atoms with Gasteiger partial charge >= 0.3 is 5.97 Å². The molecule has 28 heavy (non-hydrogen) atoms. The summed E-state index contributed by atoms with van der Waals surface area (Å²) in [4.78, 5) is 39.2. The van der Waals surface area contributed by atoms with E-state index in [4.69, 9.17) is 9.15 Å². The van der Waals surface area contributed by atoms with Crippen LogP contribution in [0.4, 0.5) is 5.69 Å². The zero-order valence-electron chi connectivity index (χ0n) is 16.1. The molecule has 0 radical (unpaired) electrons. The van der Waals surface area contributed by atoms with Gasteiger partial charge in [-0.05, 0) is 62.9 Å². The SMILES string of the molecule is CCOC(=O)C1CCCCN1C(=O)c1ccc(C)c(NC(=O)c2ccco2)c1. The topological polar surface area (TPSA) is 88.9 Å². The Kier molecular flexibility index (Phi) is 6.13. The van der Waals surface area contributed by atoms with Gasteiger partial charge in [-0.15, -0.1) is 0 Å². The van der Waals surface area contributed by atoms with E-state index < -0.39 is 6.04 Å². The lowest BCUT2D eigenvalue weighted by Crippen LogP contribution is -2.48. The highest BCUT2D eigenvalue weighted by Gasteiger charge is 2.33. The summed E-state index contributed by atoms with van der Waals surface area (Å²) in [5.74, 6) is -0.810. The van der Waals surface area contributed by atoms with Crippen LogP contribution < -0.4 is 5.32 Å². The second-order valence-corrected chi connectivity index (χ2v) is 6.72. The molecule has 2 heterocycles. The summed E-state index contributed by atoms with van der Waals surface area (Å²) in [6.45, 7) is 4.38. The molecule has 0 bridgehead atoms. The summed E-state index contributed by atoms with van der Waals surface area (Å²) >= 11 is 0. The van der Waals surface area contributed by atoms with Crippen molar-refractivity contribution in [1.82, 2.24) is 4.90 Å². The fraction of sp³-hybridized carbons (Fsp3) is 0.381. The van der Waals surface area contributed by atoms with Crippen molar-refractivity contribution in [3.8, 4) is 0 Å². The summed E-state index contributed by atoms with van der Waals surface area (Å²) in [5, 5.41) is 2.77. The summed E-state index contributed by atoms with van der Waals surface area (Å²) in [5.41, 5.74) is 1.76. The van der Waals surface area contributed by atoms with Gasteiger partial charge in [0.2, 0.25) is 0 Å².